The second-order valence-corrected chi connectivity index (χ2v) is 6.02. The van der Waals surface area contributed by atoms with Crippen LogP contribution in [0.2, 0.25) is 0 Å². The van der Waals surface area contributed by atoms with E-state index in [0.717, 1.165) is 16.8 Å². The Morgan fingerprint density at radius 2 is 1.95 bits per heavy atom. The first-order valence-corrected chi connectivity index (χ1v) is 7.41. The first-order valence-electron chi connectivity index (χ1n) is 7.41. The van der Waals surface area contributed by atoms with Gasteiger partial charge in [-0.05, 0) is 18.1 Å². The van der Waals surface area contributed by atoms with Crippen LogP contribution in [0.4, 0.5) is 5.69 Å². The average Bonchev–Trinajstić information content (AvgIpc) is 2.81. The monoisotopic (exact) mass is 297 g/mol. The molecule has 1 saturated heterocycles. The van der Waals surface area contributed by atoms with Gasteiger partial charge in [0.25, 0.3) is 0 Å². The molecule has 0 N–H and O–H groups in total. The molecule has 0 spiro atoms. The first kappa shape index (κ1) is 13.2. The molecule has 5 nitrogen and oxygen atoms in total. The molecule has 3 atom stereocenters. The van der Waals surface area contributed by atoms with Crippen molar-refractivity contribution in [2.45, 2.75) is 13.3 Å². The number of allylic oxidation sites excluding steroid dienone is 1. The normalized spacial score (nSPS) is 29.2. The number of ether oxygens (including phenoxy) is 1. The van der Waals surface area contributed by atoms with Crippen LogP contribution in [-0.4, -0.2) is 24.4 Å². The number of esters is 2. The van der Waals surface area contributed by atoms with Crippen molar-refractivity contribution in [1.82, 2.24) is 0 Å². The van der Waals surface area contributed by atoms with Crippen molar-refractivity contribution in [3.63, 3.8) is 0 Å². The number of nitrogens with zero attached hydrogens (tertiary/aromatic N) is 1. The Morgan fingerprint density at radius 3 is 2.73 bits per heavy atom. The third kappa shape index (κ3) is 1.68. The maximum absolute atomic E-state index is 12.1. The number of carbonyl (C=O) groups is 3. The predicted molar refractivity (Wildman–Crippen MR) is 78.6 cm³/mol. The quantitative estimate of drug-likeness (QED) is 0.541. The van der Waals surface area contributed by atoms with Gasteiger partial charge in [0.2, 0.25) is 5.91 Å². The Hall–Kier alpha value is -2.43. The third-order valence-electron chi connectivity index (χ3n) is 4.90. The molecule has 0 saturated carbocycles. The largest absolute Gasteiger partial charge is 0.393 e. The summed E-state index contributed by atoms with van der Waals surface area (Å²) in [5, 5.41) is 0. The van der Waals surface area contributed by atoms with Crippen LogP contribution in [0.15, 0.2) is 30.3 Å². The molecule has 1 amide bonds. The highest BCUT2D eigenvalue weighted by Gasteiger charge is 2.52. The smallest absolute Gasteiger partial charge is 0.318 e. The molecule has 0 radical (unpaired) electrons. The first-order chi connectivity index (χ1) is 10.6. The number of hydrogen-bond donors (Lipinski definition) is 0. The van der Waals surface area contributed by atoms with E-state index >= 15 is 0 Å². The van der Waals surface area contributed by atoms with Gasteiger partial charge in [0.15, 0.2) is 0 Å². The lowest BCUT2D eigenvalue weighted by atomic mass is 9.69. The zero-order chi connectivity index (χ0) is 15.4. The summed E-state index contributed by atoms with van der Waals surface area (Å²) in [6, 6.07) is 7.70. The average molecular weight is 297 g/mol. The molecule has 0 bridgehead atoms. The maximum Gasteiger partial charge on any atom is 0.318 e. The van der Waals surface area contributed by atoms with Gasteiger partial charge in [-0.2, -0.15) is 0 Å². The number of rotatable bonds is 0. The molecular formula is C17H15NO4. The molecule has 1 aromatic rings. The van der Waals surface area contributed by atoms with E-state index in [1.54, 1.807) is 4.90 Å². The lowest BCUT2D eigenvalue weighted by Crippen LogP contribution is -2.44. The van der Waals surface area contributed by atoms with Crippen molar-refractivity contribution in [2.75, 3.05) is 11.4 Å². The number of para-hydroxylation sites is 1. The minimum absolute atomic E-state index is 0.0636. The SMILES string of the molecule is CC(=O)N1C[C@H]2C(=CC[C@H]3C(=O)OC(=O)[C@H]32)c2ccccc21. The lowest BCUT2D eigenvalue weighted by molar-refractivity contribution is -0.154. The van der Waals surface area contributed by atoms with E-state index in [-0.39, 0.29) is 11.8 Å². The summed E-state index contributed by atoms with van der Waals surface area (Å²) in [7, 11) is 0. The van der Waals surface area contributed by atoms with Crippen LogP contribution in [0.5, 0.6) is 0 Å². The van der Waals surface area contributed by atoms with E-state index in [2.05, 4.69) is 0 Å². The molecule has 4 rings (SSSR count). The Kier molecular flexibility index (Phi) is 2.73. The second kappa shape index (κ2) is 4.53. The highest BCUT2D eigenvalue weighted by Crippen LogP contribution is 2.49. The van der Waals surface area contributed by atoms with Crippen LogP contribution in [0.1, 0.15) is 18.9 Å². The molecule has 112 valence electrons. The van der Waals surface area contributed by atoms with Crippen LogP contribution in [-0.2, 0) is 19.1 Å². The van der Waals surface area contributed by atoms with Gasteiger partial charge in [-0.15, -0.1) is 0 Å². The van der Waals surface area contributed by atoms with Crippen LogP contribution in [0.25, 0.3) is 5.57 Å². The van der Waals surface area contributed by atoms with Crippen molar-refractivity contribution in [3.8, 4) is 0 Å². The van der Waals surface area contributed by atoms with Gasteiger partial charge in [0, 0.05) is 24.9 Å². The fourth-order valence-corrected chi connectivity index (χ4v) is 3.91. The van der Waals surface area contributed by atoms with Crippen molar-refractivity contribution in [3.05, 3.63) is 35.9 Å². The fraction of sp³-hybridized carbons (Fsp3) is 0.353. The number of cyclic esters (lactones) is 2. The van der Waals surface area contributed by atoms with Crippen molar-refractivity contribution in [1.29, 1.82) is 0 Å². The van der Waals surface area contributed by atoms with E-state index in [1.165, 1.54) is 6.92 Å². The molecule has 1 aliphatic carbocycles. The standard InChI is InChI=1S/C17H15NO4/c1-9(19)18-8-13-10(11-4-2-3-5-14(11)18)6-7-12-15(13)17(21)22-16(12)20/h2-6,12-13,15H,7-8H2,1H3/t12-,13+,15-/m1/s1. The van der Waals surface area contributed by atoms with Gasteiger partial charge in [0.05, 0.1) is 17.5 Å². The van der Waals surface area contributed by atoms with Crippen LogP contribution < -0.4 is 4.90 Å². The summed E-state index contributed by atoms with van der Waals surface area (Å²) < 4.78 is 4.83. The van der Waals surface area contributed by atoms with Gasteiger partial charge >= 0.3 is 11.9 Å². The number of benzene rings is 1. The van der Waals surface area contributed by atoms with Crippen LogP contribution in [0.3, 0.4) is 0 Å². The zero-order valence-electron chi connectivity index (χ0n) is 12.1. The van der Waals surface area contributed by atoms with E-state index in [4.69, 9.17) is 4.74 Å². The predicted octanol–water partition coefficient (Wildman–Crippen LogP) is 1.77. The minimum atomic E-state index is -0.470. The highest BCUT2D eigenvalue weighted by atomic mass is 16.6. The second-order valence-electron chi connectivity index (χ2n) is 6.02. The van der Waals surface area contributed by atoms with Gasteiger partial charge in [0.1, 0.15) is 0 Å². The number of hydrogen-bond acceptors (Lipinski definition) is 4. The molecule has 3 aliphatic rings. The van der Waals surface area contributed by atoms with Gasteiger partial charge in [-0.1, -0.05) is 24.3 Å². The molecule has 1 fully saturated rings. The summed E-state index contributed by atoms with van der Waals surface area (Å²) >= 11 is 0. The summed E-state index contributed by atoms with van der Waals surface area (Å²) in [6.07, 6.45) is 2.55. The van der Waals surface area contributed by atoms with Crippen LogP contribution >= 0.6 is 0 Å². The third-order valence-corrected chi connectivity index (χ3v) is 4.90. The summed E-state index contributed by atoms with van der Waals surface area (Å²) in [6.45, 7) is 1.94. The topological polar surface area (TPSA) is 63.7 Å². The van der Waals surface area contributed by atoms with Crippen molar-refractivity contribution in [2.24, 2.45) is 17.8 Å². The van der Waals surface area contributed by atoms with E-state index < -0.39 is 23.8 Å². The number of anilines is 1. The number of fused-ring (bicyclic) bond motifs is 5. The number of amides is 1. The molecule has 0 aromatic heterocycles. The molecule has 0 unspecified atom stereocenters. The van der Waals surface area contributed by atoms with Gasteiger partial charge < -0.3 is 9.64 Å². The molecular weight excluding hydrogens is 282 g/mol. The lowest BCUT2D eigenvalue weighted by Gasteiger charge is -2.40. The Balaban J connectivity index is 1.86. The molecule has 1 aromatic carbocycles. The maximum atomic E-state index is 12.1. The summed E-state index contributed by atoms with van der Waals surface area (Å²) in [5.74, 6) is -1.99. The Morgan fingerprint density at radius 1 is 1.18 bits per heavy atom. The van der Waals surface area contributed by atoms with E-state index in [1.807, 2.05) is 30.3 Å². The highest BCUT2D eigenvalue weighted by molar-refractivity contribution is 6.02. The molecule has 5 heteroatoms. The summed E-state index contributed by atoms with van der Waals surface area (Å²) in [4.78, 5) is 37.6. The minimum Gasteiger partial charge on any atom is -0.393 e. The number of carbonyl (C=O) groups excluding carboxylic acids is 3. The van der Waals surface area contributed by atoms with Gasteiger partial charge in [-0.25, -0.2) is 0 Å². The zero-order valence-corrected chi connectivity index (χ0v) is 12.1. The van der Waals surface area contributed by atoms with Gasteiger partial charge in [-0.3, -0.25) is 14.4 Å². The van der Waals surface area contributed by atoms with Crippen molar-refractivity contribution >= 4 is 29.1 Å². The molecule has 22 heavy (non-hydrogen) atoms. The van der Waals surface area contributed by atoms with Crippen LogP contribution in [0, 0.1) is 17.8 Å². The van der Waals surface area contributed by atoms with E-state index in [0.29, 0.717) is 13.0 Å². The Labute approximate surface area is 127 Å². The summed E-state index contributed by atoms with van der Waals surface area (Å²) in [5.41, 5.74) is 2.90. The fourth-order valence-electron chi connectivity index (χ4n) is 3.91. The van der Waals surface area contributed by atoms with E-state index in [9.17, 15) is 14.4 Å². The Bertz CT molecular complexity index is 736. The molecule has 2 aliphatic heterocycles. The molecule has 2 heterocycles. The van der Waals surface area contributed by atoms with Crippen molar-refractivity contribution < 1.29 is 19.1 Å².